The van der Waals surface area contributed by atoms with Crippen LogP contribution in [0.5, 0.6) is 0 Å². The van der Waals surface area contributed by atoms with E-state index < -0.39 is 10.0 Å². The number of rotatable bonds is 7. The van der Waals surface area contributed by atoms with Gasteiger partial charge in [-0.25, -0.2) is 17.7 Å². The molecule has 0 radical (unpaired) electrons. The van der Waals surface area contributed by atoms with E-state index in [1.165, 1.54) is 38.0 Å². The number of hydrogen-bond acceptors (Lipinski definition) is 6. The number of sulfonamides is 1. The van der Waals surface area contributed by atoms with E-state index in [4.69, 9.17) is 4.42 Å². The molecule has 0 aliphatic heterocycles. The average molecular weight is 434 g/mol. The second-order valence-electron chi connectivity index (χ2n) is 6.88. The van der Waals surface area contributed by atoms with Crippen LogP contribution in [-0.4, -0.2) is 49.5 Å². The number of hydrogen-bond donors (Lipinski definition) is 0. The van der Waals surface area contributed by atoms with Crippen LogP contribution >= 0.6 is 11.8 Å². The maximum Gasteiger partial charge on any atom is 0.257 e. The van der Waals surface area contributed by atoms with E-state index in [0.29, 0.717) is 16.3 Å². The van der Waals surface area contributed by atoms with E-state index in [9.17, 15) is 13.2 Å². The Morgan fingerprint density at radius 2 is 1.83 bits per heavy atom. The Labute approximate surface area is 174 Å². The summed E-state index contributed by atoms with van der Waals surface area (Å²) in [5.74, 6) is 0.0947. The lowest BCUT2D eigenvalue weighted by Gasteiger charge is -2.26. The van der Waals surface area contributed by atoms with Crippen molar-refractivity contribution in [2.45, 2.75) is 30.0 Å². The highest BCUT2D eigenvalue weighted by Gasteiger charge is 2.21. The molecule has 2 aromatic carbocycles. The molecule has 1 aromatic heterocycles. The van der Waals surface area contributed by atoms with Gasteiger partial charge in [-0.3, -0.25) is 4.79 Å². The summed E-state index contributed by atoms with van der Waals surface area (Å²) in [4.78, 5) is 19.0. The van der Waals surface area contributed by atoms with Crippen molar-refractivity contribution in [3.8, 4) is 0 Å². The predicted octanol–water partition coefficient (Wildman–Crippen LogP) is 3.61. The van der Waals surface area contributed by atoms with Crippen LogP contribution in [0.4, 0.5) is 5.69 Å². The Bertz CT molecular complexity index is 1110. The molecule has 0 aliphatic carbocycles. The van der Waals surface area contributed by atoms with Crippen molar-refractivity contribution in [3.05, 3.63) is 48.5 Å². The van der Waals surface area contributed by atoms with E-state index in [1.807, 2.05) is 44.2 Å². The molecule has 0 fully saturated rings. The smallest absolute Gasteiger partial charge is 0.257 e. The van der Waals surface area contributed by atoms with Crippen LogP contribution in [0.15, 0.2) is 63.1 Å². The van der Waals surface area contributed by atoms with E-state index in [-0.39, 0.29) is 22.6 Å². The van der Waals surface area contributed by atoms with Crippen molar-refractivity contribution in [3.63, 3.8) is 0 Å². The SMILES string of the molecule is CC(C)N(C(=O)CSc1nc2cc(S(=O)(=O)N(C)C)ccc2o1)c1ccccc1. The van der Waals surface area contributed by atoms with Gasteiger partial charge in [-0.05, 0) is 44.2 Å². The number of oxazole rings is 1. The van der Waals surface area contributed by atoms with Crippen LogP contribution in [0.25, 0.3) is 11.1 Å². The van der Waals surface area contributed by atoms with Crippen molar-refractivity contribution in [1.29, 1.82) is 0 Å². The third-order valence-corrected chi connectivity index (χ3v) is 6.88. The van der Waals surface area contributed by atoms with Crippen LogP contribution in [0, 0.1) is 0 Å². The summed E-state index contributed by atoms with van der Waals surface area (Å²) < 4.78 is 31.4. The second-order valence-corrected chi connectivity index (χ2v) is 9.96. The lowest BCUT2D eigenvalue weighted by Crippen LogP contribution is -2.38. The molecule has 0 saturated carbocycles. The van der Waals surface area contributed by atoms with Crippen LogP contribution in [0.1, 0.15) is 13.8 Å². The fourth-order valence-electron chi connectivity index (χ4n) is 2.83. The molecule has 9 heteroatoms. The van der Waals surface area contributed by atoms with E-state index in [2.05, 4.69) is 4.98 Å². The Morgan fingerprint density at radius 1 is 1.14 bits per heavy atom. The number of thioether (sulfide) groups is 1. The number of fused-ring (bicyclic) bond motifs is 1. The molecule has 0 bridgehead atoms. The topological polar surface area (TPSA) is 83.7 Å². The summed E-state index contributed by atoms with van der Waals surface area (Å²) in [5.41, 5.74) is 1.75. The van der Waals surface area contributed by atoms with Crippen molar-refractivity contribution < 1.29 is 17.6 Å². The van der Waals surface area contributed by atoms with Crippen molar-refractivity contribution in [1.82, 2.24) is 9.29 Å². The molecule has 0 spiro atoms. The summed E-state index contributed by atoms with van der Waals surface area (Å²) in [6.45, 7) is 3.92. The summed E-state index contributed by atoms with van der Waals surface area (Å²) >= 11 is 1.19. The quantitative estimate of drug-likeness (QED) is 0.529. The number of para-hydroxylation sites is 1. The first-order valence-corrected chi connectivity index (χ1v) is 11.5. The highest BCUT2D eigenvalue weighted by molar-refractivity contribution is 7.99. The molecule has 0 saturated heterocycles. The Morgan fingerprint density at radius 3 is 2.45 bits per heavy atom. The van der Waals surface area contributed by atoms with Gasteiger partial charge in [0.05, 0.1) is 10.6 Å². The largest absolute Gasteiger partial charge is 0.431 e. The molecule has 0 atom stereocenters. The lowest BCUT2D eigenvalue weighted by molar-refractivity contribution is -0.116. The number of nitrogens with zero attached hydrogens (tertiary/aromatic N) is 3. The Kier molecular flexibility index (Phi) is 6.30. The highest BCUT2D eigenvalue weighted by Crippen LogP contribution is 2.27. The number of benzene rings is 2. The lowest BCUT2D eigenvalue weighted by atomic mass is 10.2. The van der Waals surface area contributed by atoms with Gasteiger partial charge >= 0.3 is 0 Å². The zero-order chi connectivity index (χ0) is 21.2. The monoisotopic (exact) mass is 433 g/mol. The molecule has 1 amide bonds. The number of carbonyl (C=O) groups excluding carboxylic acids is 1. The van der Waals surface area contributed by atoms with Crippen molar-refractivity contribution in [2.75, 3.05) is 24.7 Å². The number of anilines is 1. The van der Waals surface area contributed by atoms with E-state index in [1.54, 1.807) is 11.0 Å². The van der Waals surface area contributed by atoms with E-state index >= 15 is 0 Å². The normalized spacial score (nSPS) is 12.1. The van der Waals surface area contributed by atoms with Gasteiger partial charge in [0.15, 0.2) is 5.58 Å². The number of aromatic nitrogens is 1. The molecular weight excluding hydrogens is 410 g/mol. The van der Waals surface area contributed by atoms with Crippen LogP contribution in [0.3, 0.4) is 0 Å². The summed E-state index contributed by atoms with van der Waals surface area (Å²) in [7, 11) is -0.603. The molecule has 0 unspecified atom stereocenters. The van der Waals surface area contributed by atoms with Gasteiger partial charge < -0.3 is 9.32 Å². The summed E-state index contributed by atoms with van der Waals surface area (Å²) in [6.07, 6.45) is 0. The average Bonchev–Trinajstić information content (AvgIpc) is 3.09. The third kappa shape index (κ3) is 4.63. The Balaban J connectivity index is 1.77. The summed E-state index contributed by atoms with van der Waals surface area (Å²) in [6, 6.07) is 14.0. The molecule has 3 rings (SSSR count). The highest BCUT2D eigenvalue weighted by atomic mass is 32.2. The minimum atomic E-state index is -3.55. The molecule has 7 nitrogen and oxygen atoms in total. The summed E-state index contributed by atoms with van der Waals surface area (Å²) in [5, 5.41) is 0.324. The van der Waals surface area contributed by atoms with Crippen LogP contribution in [0.2, 0.25) is 0 Å². The van der Waals surface area contributed by atoms with Crippen molar-refractivity contribution in [2.24, 2.45) is 0 Å². The number of amides is 1. The van der Waals surface area contributed by atoms with Gasteiger partial charge in [-0.15, -0.1) is 0 Å². The fourth-order valence-corrected chi connectivity index (χ4v) is 4.45. The zero-order valence-corrected chi connectivity index (χ0v) is 18.3. The molecule has 0 N–H and O–H groups in total. The standard InChI is InChI=1S/C20H23N3O4S2/c1-14(2)23(15-8-6-5-7-9-15)19(24)13-28-20-21-17-12-16(10-11-18(17)27-20)29(25,26)22(3)4/h5-12,14H,13H2,1-4H3. The first kappa shape index (κ1) is 21.4. The van der Waals surface area contributed by atoms with Gasteiger partial charge in [0, 0.05) is 25.8 Å². The van der Waals surface area contributed by atoms with Gasteiger partial charge in [0.1, 0.15) is 5.52 Å². The molecular formula is C20H23N3O4S2. The van der Waals surface area contributed by atoms with Crippen LogP contribution in [-0.2, 0) is 14.8 Å². The zero-order valence-electron chi connectivity index (χ0n) is 16.7. The van der Waals surface area contributed by atoms with E-state index in [0.717, 1.165) is 9.99 Å². The van der Waals surface area contributed by atoms with Gasteiger partial charge in [0.25, 0.3) is 5.22 Å². The minimum absolute atomic E-state index is 0.00734. The minimum Gasteiger partial charge on any atom is -0.431 e. The maximum atomic E-state index is 12.8. The van der Waals surface area contributed by atoms with Crippen LogP contribution < -0.4 is 4.90 Å². The second kappa shape index (κ2) is 8.56. The van der Waals surface area contributed by atoms with Gasteiger partial charge in [0.2, 0.25) is 15.9 Å². The number of carbonyl (C=O) groups is 1. The maximum absolute atomic E-state index is 12.8. The predicted molar refractivity (Wildman–Crippen MR) is 115 cm³/mol. The van der Waals surface area contributed by atoms with Gasteiger partial charge in [-0.2, -0.15) is 0 Å². The molecule has 0 aliphatic rings. The fraction of sp³-hybridized carbons (Fsp3) is 0.300. The van der Waals surface area contributed by atoms with Gasteiger partial charge in [-0.1, -0.05) is 30.0 Å². The molecule has 3 aromatic rings. The first-order valence-electron chi connectivity index (χ1n) is 9.03. The molecule has 29 heavy (non-hydrogen) atoms. The molecule has 154 valence electrons. The van der Waals surface area contributed by atoms with Crippen molar-refractivity contribution >= 4 is 44.5 Å². The third-order valence-electron chi connectivity index (χ3n) is 4.26. The first-order chi connectivity index (χ1) is 13.7. The Hall–Kier alpha value is -2.36. The molecule has 1 heterocycles.